The van der Waals surface area contributed by atoms with Crippen LogP contribution < -0.4 is 0 Å². The van der Waals surface area contributed by atoms with Crippen molar-refractivity contribution in [3.8, 4) is 0 Å². The van der Waals surface area contributed by atoms with Crippen LogP contribution in [0.5, 0.6) is 0 Å². The van der Waals surface area contributed by atoms with Gasteiger partial charge in [0.05, 0.1) is 30.7 Å². The van der Waals surface area contributed by atoms with Gasteiger partial charge in [-0.2, -0.15) is 4.31 Å². The van der Waals surface area contributed by atoms with Gasteiger partial charge in [0, 0.05) is 37.9 Å². The Hall–Kier alpha value is -2.27. The van der Waals surface area contributed by atoms with Crippen LogP contribution in [0.2, 0.25) is 0 Å². The van der Waals surface area contributed by atoms with Gasteiger partial charge in [0.25, 0.3) is 6.47 Å². The number of carboxylic acid groups (broad SMARTS) is 1. The van der Waals surface area contributed by atoms with E-state index in [1.54, 1.807) is 34.8 Å². The maximum Gasteiger partial charge on any atom is 0.290 e. The molecule has 2 fully saturated rings. The van der Waals surface area contributed by atoms with Crippen molar-refractivity contribution in [2.24, 2.45) is 5.92 Å². The maximum atomic E-state index is 13.1. The summed E-state index contributed by atoms with van der Waals surface area (Å²) in [5.41, 5.74) is 0. The molecule has 1 aromatic heterocycles. The maximum absolute atomic E-state index is 13.1. The average molecular weight is 408 g/mol. The summed E-state index contributed by atoms with van der Waals surface area (Å²) in [6, 6.07) is 8.48. The summed E-state index contributed by atoms with van der Waals surface area (Å²) in [7, 11) is -3.52. The monoisotopic (exact) mass is 408 g/mol. The number of nitrogens with one attached hydrogen (secondary N) is 1. The zero-order chi connectivity index (χ0) is 20.0. The molecule has 1 aromatic carbocycles. The van der Waals surface area contributed by atoms with Crippen molar-refractivity contribution >= 4 is 16.5 Å². The topological polar surface area (TPSA) is 116 Å². The number of aromatic amines is 1. The minimum absolute atomic E-state index is 0.154. The van der Waals surface area contributed by atoms with Crippen molar-refractivity contribution < 1.29 is 23.1 Å². The third-order valence-corrected chi connectivity index (χ3v) is 6.71. The van der Waals surface area contributed by atoms with E-state index < -0.39 is 10.0 Å². The first-order valence-electron chi connectivity index (χ1n) is 8.97. The van der Waals surface area contributed by atoms with Crippen molar-refractivity contribution in [3.63, 3.8) is 0 Å². The van der Waals surface area contributed by atoms with E-state index in [1.165, 1.54) is 0 Å². The number of rotatable bonds is 4. The first-order chi connectivity index (χ1) is 13.5. The lowest BCUT2D eigenvalue weighted by Crippen LogP contribution is -2.46. The first kappa shape index (κ1) is 20.5. The highest BCUT2D eigenvalue weighted by Crippen LogP contribution is 2.26. The van der Waals surface area contributed by atoms with Crippen LogP contribution in [0.3, 0.4) is 0 Å². The van der Waals surface area contributed by atoms with E-state index in [9.17, 15) is 8.42 Å². The lowest BCUT2D eigenvalue weighted by atomic mass is 10.1. The fourth-order valence-corrected chi connectivity index (χ4v) is 5.35. The Morgan fingerprint density at radius 2 is 1.96 bits per heavy atom. The van der Waals surface area contributed by atoms with Gasteiger partial charge in [-0.3, -0.25) is 9.69 Å². The van der Waals surface area contributed by atoms with Crippen LogP contribution in [0.25, 0.3) is 0 Å². The van der Waals surface area contributed by atoms with Crippen LogP contribution in [-0.2, 0) is 26.1 Å². The number of sulfonamides is 1. The van der Waals surface area contributed by atoms with Gasteiger partial charge in [-0.05, 0) is 12.1 Å². The Morgan fingerprint density at radius 1 is 1.21 bits per heavy atom. The molecule has 2 bridgehead atoms. The number of fused-ring (bicyclic) bond motifs is 3. The van der Waals surface area contributed by atoms with Gasteiger partial charge in [-0.25, -0.2) is 13.4 Å². The highest BCUT2D eigenvalue weighted by atomic mass is 32.2. The molecule has 2 aromatic rings. The molecule has 2 atom stereocenters. The van der Waals surface area contributed by atoms with Gasteiger partial charge in [-0.1, -0.05) is 18.2 Å². The SMILES string of the molecule is O=CO.O=S(=O)(c1ccccc1)N1C[C@H]2COC[C@@H]1CN(Cc1ncc[nH]1)C2. The van der Waals surface area contributed by atoms with Crippen molar-refractivity contribution in [3.05, 3.63) is 48.5 Å². The van der Waals surface area contributed by atoms with Gasteiger partial charge < -0.3 is 14.8 Å². The Balaban J connectivity index is 0.000000706. The molecule has 0 radical (unpaired) electrons. The largest absolute Gasteiger partial charge is 0.483 e. The summed E-state index contributed by atoms with van der Waals surface area (Å²) in [4.78, 5) is 18.4. The number of hydrogen-bond donors (Lipinski definition) is 2. The standard InChI is InChI=1S/C17H22N4O3S.CH2O2/c22-25(23,16-4-2-1-3-5-16)21-9-14-8-20(10-15(21)13-24-12-14)11-17-18-6-7-19-17;2-1-3/h1-7,14-15H,8-13H2,(H,18,19);1H,(H,2,3)/t14-,15-;/m0./s1. The molecule has 4 rings (SSSR count). The van der Waals surface area contributed by atoms with E-state index in [0.717, 1.165) is 12.4 Å². The minimum Gasteiger partial charge on any atom is -0.483 e. The number of nitrogens with zero attached hydrogens (tertiary/aromatic N) is 3. The molecule has 0 amide bonds. The zero-order valence-corrected chi connectivity index (χ0v) is 16.2. The quantitative estimate of drug-likeness (QED) is 0.713. The number of aromatic nitrogens is 2. The summed E-state index contributed by atoms with van der Waals surface area (Å²) >= 11 is 0. The third-order valence-electron chi connectivity index (χ3n) is 4.77. The molecule has 28 heavy (non-hydrogen) atoms. The summed E-state index contributed by atoms with van der Waals surface area (Å²) in [5, 5.41) is 6.89. The van der Waals surface area contributed by atoms with Crippen molar-refractivity contribution in [1.29, 1.82) is 0 Å². The highest BCUT2D eigenvalue weighted by molar-refractivity contribution is 7.89. The molecule has 0 aliphatic carbocycles. The number of ether oxygens (including phenoxy) is 1. The molecule has 2 saturated heterocycles. The third kappa shape index (κ3) is 4.76. The normalized spacial score (nSPS) is 23.3. The molecular formula is C18H24N4O5S. The van der Waals surface area contributed by atoms with Gasteiger partial charge >= 0.3 is 0 Å². The van der Waals surface area contributed by atoms with Gasteiger partial charge in [0.15, 0.2) is 0 Å². The van der Waals surface area contributed by atoms with Crippen LogP contribution in [0.1, 0.15) is 5.82 Å². The summed E-state index contributed by atoms with van der Waals surface area (Å²) < 4.78 is 33.7. The Labute approximate surface area is 164 Å². The number of H-pyrrole nitrogens is 1. The molecule has 152 valence electrons. The summed E-state index contributed by atoms with van der Waals surface area (Å²) in [6.45, 7) is 3.40. The van der Waals surface area contributed by atoms with Crippen LogP contribution >= 0.6 is 0 Å². The molecule has 0 unspecified atom stereocenters. The van der Waals surface area contributed by atoms with Crippen molar-refractivity contribution in [2.45, 2.75) is 17.5 Å². The van der Waals surface area contributed by atoms with Gasteiger partial charge in [0.1, 0.15) is 5.82 Å². The molecule has 0 saturated carbocycles. The molecular weight excluding hydrogens is 384 g/mol. The molecule has 10 heteroatoms. The molecule has 3 heterocycles. The van der Waals surface area contributed by atoms with E-state index in [1.807, 2.05) is 12.3 Å². The summed E-state index contributed by atoms with van der Waals surface area (Å²) in [5.74, 6) is 1.05. The molecule has 9 nitrogen and oxygen atoms in total. The van der Waals surface area contributed by atoms with E-state index in [4.69, 9.17) is 14.6 Å². The molecule has 0 spiro atoms. The van der Waals surface area contributed by atoms with Crippen LogP contribution in [0.15, 0.2) is 47.6 Å². The Morgan fingerprint density at radius 3 is 2.64 bits per heavy atom. The lowest BCUT2D eigenvalue weighted by Gasteiger charge is -2.30. The Kier molecular flexibility index (Phi) is 6.79. The predicted molar refractivity (Wildman–Crippen MR) is 101 cm³/mol. The van der Waals surface area contributed by atoms with Crippen LogP contribution in [-0.4, -0.2) is 78.1 Å². The minimum atomic E-state index is -3.52. The molecule has 2 aliphatic rings. The van der Waals surface area contributed by atoms with Crippen molar-refractivity contribution in [2.75, 3.05) is 32.8 Å². The van der Waals surface area contributed by atoms with E-state index >= 15 is 0 Å². The van der Waals surface area contributed by atoms with Crippen LogP contribution in [0.4, 0.5) is 0 Å². The molecule has 2 aliphatic heterocycles. The summed E-state index contributed by atoms with van der Waals surface area (Å²) in [6.07, 6.45) is 3.55. The van der Waals surface area contributed by atoms with E-state index in [-0.39, 0.29) is 18.4 Å². The van der Waals surface area contributed by atoms with E-state index in [2.05, 4.69) is 14.9 Å². The second-order valence-electron chi connectivity index (χ2n) is 6.78. The second-order valence-corrected chi connectivity index (χ2v) is 8.67. The van der Waals surface area contributed by atoms with Gasteiger partial charge in [0.2, 0.25) is 10.0 Å². The lowest BCUT2D eigenvalue weighted by molar-refractivity contribution is -0.122. The number of carbonyl (C=O) groups is 1. The average Bonchev–Trinajstić information content (AvgIpc) is 3.00. The Bertz CT molecular complexity index is 844. The van der Waals surface area contributed by atoms with E-state index in [0.29, 0.717) is 37.7 Å². The van der Waals surface area contributed by atoms with Crippen LogP contribution in [0, 0.1) is 5.92 Å². The fourth-order valence-electron chi connectivity index (χ4n) is 3.65. The van der Waals surface area contributed by atoms with Gasteiger partial charge in [-0.15, -0.1) is 0 Å². The molecule has 2 N–H and O–H groups in total. The zero-order valence-electron chi connectivity index (χ0n) is 15.3. The second kappa shape index (κ2) is 9.28. The first-order valence-corrected chi connectivity index (χ1v) is 10.4. The number of hydrogen-bond acceptors (Lipinski definition) is 6. The number of imidazole rings is 1. The predicted octanol–water partition coefficient (Wildman–Crippen LogP) is 0.632. The van der Waals surface area contributed by atoms with Crippen molar-refractivity contribution in [1.82, 2.24) is 19.2 Å². The highest BCUT2D eigenvalue weighted by Gasteiger charge is 2.40. The smallest absolute Gasteiger partial charge is 0.290 e. The number of benzene rings is 1. The fraction of sp³-hybridized carbons (Fsp3) is 0.444.